The zero-order chi connectivity index (χ0) is 43.4. The lowest BCUT2D eigenvalue weighted by Gasteiger charge is -2.47. The molecule has 4 heterocycles. The number of aliphatic hydroxyl groups excluding tert-OH is 8. The van der Waals surface area contributed by atoms with Gasteiger partial charge in [-0.1, -0.05) is 71.3 Å². The van der Waals surface area contributed by atoms with Gasteiger partial charge in [-0.15, -0.1) is 0 Å². The van der Waals surface area contributed by atoms with E-state index in [9.17, 15) is 60.0 Å². The van der Waals surface area contributed by atoms with Gasteiger partial charge in [0.1, 0.15) is 60.9 Å². The van der Waals surface area contributed by atoms with Gasteiger partial charge in [0.05, 0.1) is 18.8 Å². The Morgan fingerprint density at radius 2 is 1.39 bits per heavy atom. The third-order valence-electron chi connectivity index (χ3n) is 11.0. The second kappa shape index (κ2) is 23.2. The second-order valence-corrected chi connectivity index (χ2v) is 16.1. The van der Waals surface area contributed by atoms with Crippen molar-refractivity contribution < 1.29 is 69.4 Å². The molecule has 3 saturated heterocycles. The second-order valence-electron chi connectivity index (χ2n) is 16.1. The first-order valence-corrected chi connectivity index (χ1v) is 20.6. The van der Waals surface area contributed by atoms with Crippen molar-refractivity contribution >= 4 is 11.8 Å². The molecular weight excluding hydrogens is 780 g/mol. The van der Waals surface area contributed by atoms with Crippen LogP contribution in [0.5, 0.6) is 0 Å². The van der Waals surface area contributed by atoms with Gasteiger partial charge in [0, 0.05) is 25.6 Å². The van der Waals surface area contributed by atoms with E-state index >= 15 is 0 Å². The van der Waals surface area contributed by atoms with E-state index in [1.807, 2.05) is 4.98 Å². The Hall–Kier alpha value is -3.12. The number of hydrogen-bond acceptors (Lipinski definition) is 16. The van der Waals surface area contributed by atoms with E-state index in [1.165, 1.54) is 38.2 Å². The van der Waals surface area contributed by atoms with Gasteiger partial charge in [0.2, 0.25) is 11.8 Å². The summed E-state index contributed by atoms with van der Waals surface area (Å²) < 4.78 is 24.1. The first kappa shape index (κ1) is 48.5. The maximum atomic E-state index is 13.1. The van der Waals surface area contributed by atoms with Crippen LogP contribution in [0.15, 0.2) is 34.0 Å². The minimum absolute atomic E-state index is 0.597. The normalized spacial score (nSPS) is 34.3. The van der Waals surface area contributed by atoms with E-state index in [2.05, 4.69) is 24.5 Å². The highest BCUT2D eigenvalue weighted by Crippen LogP contribution is 2.34. The lowest BCUT2D eigenvalue weighted by Crippen LogP contribution is -2.68. The van der Waals surface area contributed by atoms with Crippen LogP contribution in [-0.4, -0.2) is 155 Å². The number of nitrogens with one attached hydrogen (secondary N) is 3. The van der Waals surface area contributed by atoms with Crippen LogP contribution in [0.1, 0.15) is 97.6 Å². The Morgan fingerprint density at radius 3 is 1.98 bits per heavy atom. The largest absolute Gasteiger partial charge is 0.394 e. The molecule has 0 spiro atoms. The van der Waals surface area contributed by atoms with Gasteiger partial charge in [-0.2, -0.15) is 0 Å². The molecule has 3 fully saturated rings. The van der Waals surface area contributed by atoms with Crippen LogP contribution in [-0.2, 0) is 28.5 Å². The Bertz CT molecular complexity index is 1610. The monoisotopic (exact) mass is 844 g/mol. The SMILES string of the molecule is CC(=O)N[C@@H]1[C@H](O[C@@H]2O[C@H](C[C@@H](O)[C@H]3O[C@@H](n4ccc(=O)[nH]c4=O)[C@H](O)[C@@H]3O)[C@H](O)[C@H](O)[C@H]2NC(=O)/C=C/CCCCCCCCCCC(C)C)O[C@@H](CO)[C@H](O)[C@H]1O. The van der Waals surface area contributed by atoms with Gasteiger partial charge in [-0.25, -0.2) is 4.79 Å². The molecule has 0 aliphatic carbocycles. The molecule has 15 atom stereocenters. The molecule has 0 saturated carbocycles. The molecule has 0 radical (unpaired) electrons. The van der Waals surface area contributed by atoms with Crippen molar-refractivity contribution in [1.82, 2.24) is 20.2 Å². The summed E-state index contributed by atoms with van der Waals surface area (Å²) in [6, 6.07) is -2.01. The number of unbranched alkanes of at least 4 members (excludes halogenated alkanes) is 8. The molecule has 0 aromatic carbocycles. The van der Waals surface area contributed by atoms with Gasteiger partial charge in [-0.3, -0.25) is 23.9 Å². The van der Waals surface area contributed by atoms with Crippen molar-refractivity contribution in [1.29, 1.82) is 0 Å². The van der Waals surface area contributed by atoms with E-state index in [1.54, 1.807) is 6.08 Å². The molecule has 2 amide bonds. The number of aliphatic hydroxyl groups is 8. The molecule has 4 rings (SSSR count). The Balaban J connectivity index is 1.44. The zero-order valence-corrected chi connectivity index (χ0v) is 33.8. The first-order valence-electron chi connectivity index (χ1n) is 20.6. The predicted octanol–water partition coefficient (Wildman–Crippen LogP) is -2.09. The average molecular weight is 845 g/mol. The number of aromatic nitrogens is 2. The highest BCUT2D eigenvalue weighted by molar-refractivity contribution is 5.87. The highest BCUT2D eigenvalue weighted by Gasteiger charge is 2.53. The third kappa shape index (κ3) is 13.4. The summed E-state index contributed by atoms with van der Waals surface area (Å²) in [4.78, 5) is 51.1. The number of carbonyl (C=O) groups excluding carboxylic acids is 2. The van der Waals surface area contributed by atoms with Crippen molar-refractivity contribution in [2.24, 2.45) is 5.92 Å². The molecule has 0 bridgehead atoms. The number of aromatic amines is 1. The number of hydrogen-bond donors (Lipinski definition) is 11. The summed E-state index contributed by atoms with van der Waals surface area (Å²) in [5.74, 6) is -0.621. The Morgan fingerprint density at radius 1 is 0.814 bits per heavy atom. The standard InChI is InChI=1S/C39H64N4O16/c1-20(2)14-12-10-8-6-4-5-7-9-11-13-15-25(47)41-28-32(52)29(49)23(56-38(28)59-37-27(40-21(3)45)31(51)30(50)24(19-44)57-37)18-22(46)35-33(53)34(54)36(58-35)43-17-16-26(48)42-39(43)55/h13,15-17,20,22-24,27-38,44,46,49-54H,4-12,14,18-19H2,1-3H3,(H,40,45)(H,41,47)(H,42,48,55)/b15-13+/t22-,23-,24+,27+,28-,29+,30+,31+,32-,33+,34-,35-,36-,37+,38+/m1/s1. The van der Waals surface area contributed by atoms with Crippen LogP contribution in [0.25, 0.3) is 0 Å². The molecule has 0 unspecified atom stereocenters. The fourth-order valence-corrected chi connectivity index (χ4v) is 7.63. The van der Waals surface area contributed by atoms with Crippen molar-refractivity contribution in [3.8, 4) is 0 Å². The molecule has 59 heavy (non-hydrogen) atoms. The van der Waals surface area contributed by atoms with Crippen LogP contribution in [0.2, 0.25) is 0 Å². The minimum atomic E-state index is -1.85. The van der Waals surface area contributed by atoms with E-state index < -0.39 is 128 Å². The number of ether oxygens (including phenoxy) is 4. The lowest BCUT2D eigenvalue weighted by atomic mass is 9.91. The van der Waals surface area contributed by atoms with Gasteiger partial charge >= 0.3 is 5.69 Å². The van der Waals surface area contributed by atoms with Gasteiger partial charge < -0.3 is 70.4 Å². The summed E-state index contributed by atoms with van der Waals surface area (Å²) in [7, 11) is 0. The summed E-state index contributed by atoms with van der Waals surface area (Å²) in [5, 5.41) is 91.4. The molecule has 20 nitrogen and oxygen atoms in total. The van der Waals surface area contributed by atoms with Gasteiger partial charge in [0.25, 0.3) is 5.56 Å². The topological polar surface area (TPSA) is 312 Å². The third-order valence-corrected chi connectivity index (χ3v) is 11.0. The molecule has 11 N–H and O–H groups in total. The molecule has 20 heteroatoms. The molecular formula is C39H64N4O16. The maximum absolute atomic E-state index is 13.1. The summed E-state index contributed by atoms with van der Waals surface area (Å²) in [6.45, 7) is 4.81. The summed E-state index contributed by atoms with van der Waals surface area (Å²) in [6.07, 6.45) is -7.65. The maximum Gasteiger partial charge on any atom is 0.330 e. The van der Waals surface area contributed by atoms with E-state index in [4.69, 9.17) is 18.9 Å². The predicted molar refractivity (Wildman–Crippen MR) is 207 cm³/mol. The average Bonchev–Trinajstić information content (AvgIpc) is 3.47. The zero-order valence-electron chi connectivity index (χ0n) is 33.8. The fraction of sp³-hybridized carbons (Fsp3) is 0.795. The highest BCUT2D eigenvalue weighted by atomic mass is 16.8. The quantitative estimate of drug-likeness (QED) is 0.0467. The first-order chi connectivity index (χ1) is 28.0. The van der Waals surface area contributed by atoms with Gasteiger partial charge in [-0.05, 0) is 24.8 Å². The molecule has 1 aromatic heterocycles. The van der Waals surface area contributed by atoms with Crippen molar-refractivity contribution in [3.05, 3.63) is 45.3 Å². The molecule has 336 valence electrons. The van der Waals surface area contributed by atoms with Crippen LogP contribution < -0.4 is 21.9 Å². The fourth-order valence-electron chi connectivity index (χ4n) is 7.63. The summed E-state index contributed by atoms with van der Waals surface area (Å²) >= 11 is 0. The van der Waals surface area contributed by atoms with Gasteiger partial charge in [0.15, 0.2) is 18.8 Å². The Kier molecular flexibility index (Phi) is 19.1. The van der Waals surface area contributed by atoms with E-state index in [0.29, 0.717) is 6.42 Å². The van der Waals surface area contributed by atoms with Crippen molar-refractivity contribution in [2.75, 3.05) is 6.61 Å². The molecule has 1 aromatic rings. The van der Waals surface area contributed by atoms with E-state index in [-0.39, 0.29) is 0 Å². The van der Waals surface area contributed by atoms with Crippen LogP contribution >= 0.6 is 0 Å². The smallest absolute Gasteiger partial charge is 0.330 e. The lowest BCUT2D eigenvalue weighted by molar-refractivity contribution is -0.346. The molecule has 3 aliphatic heterocycles. The summed E-state index contributed by atoms with van der Waals surface area (Å²) in [5.41, 5.74) is -1.68. The number of allylic oxidation sites excluding steroid dienone is 1. The van der Waals surface area contributed by atoms with Crippen molar-refractivity contribution in [2.45, 2.75) is 183 Å². The number of amides is 2. The number of H-pyrrole nitrogens is 1. The van der Waals surface area contributed by atoms with Crippen LogP contribution in [0, 0.1) is 5.92 Å². The molecule has 3 aliphatic rings. The number of nitrogens with zero attached hydrogens (tertiary/aromatic N) is 1. The van der Waals surface area contributed by atoms with E-state index in [0.717, 1.165) is 55.4 Å². The van der Waals surface area contributed by atoms with Crippen LogP contribution in [0.3, 0.4) is 0 Å². The Labute approximate surface area is 342 Å². The van der Waals surface area contributed by atoms with Crippen LogP contribution in [0.4, 0.5) is 0 Å². The minimum Gasteiger partial charge on any atom is -0.394 e. The number of carbonyl (C=O) groups is 2. The number of rotatable bonds is 21. The van der Waals surface area contributed by atoms with Crippen molar-refractivity contribution in [3.63, 3.8) is 0 Å².